The van der Waals surface area contributed by atoms with Crippen LogP contribution in [0.25, 0.3) is 0 Å². The smallest absolute Gasteiger partial charge is 0.193 e. The van der Waals surface area contributed by atoms with Gasteiger partial charge in [-0.2, -0.15) is 0 Å². The maximum Gasteiger partial charge on any atom is 0.193 e. The van der Waals surface area contributed by atoms with Gasteiger partial charge in [0.25, 0.3) is 0 Å². The highest BCUT2D eigenvalue weighted by atomic mass is 15.1. The number of rotatable bonds is 4. The van der Waals surface area contributed by atoms with E-state index >= 15 is 0 Å². The number of hydrogen-bond donors (Lipinski definition) is 2. The van der Waals surface area contributed by atoms with Gasteiger partial charge in [-0.15, -0.1) is 0 Å². The second-order valence-electron chi connectivity index (χ2n) is 4.18. The molecule has 1 aromatic carbocycles. The van der Waals surface area contributed by atoms with Gasteiger partial charge in [-0.1, -0.05) is 25.5 Å². The minimum atomic E-state index is 0.215. The first kappa shape index (κ1) is 12.6. The topological polar surface area (TPSA) is 50.4 Å². The van der Waals surface area contributed by atoms with Gasteiger partial charge < -0.3 is 11.1 Å². The molecule has 0 spiro atoms. The Bertz CT molecular complexity index is 339. The number of hydrogen-bond acceptors (Lipinski definition) is 1. The molecule has 0 aliphatic rings. The fourth-order valence-electron chi connectivity index (χ4n) is 1.50. The molecular formula is C13H21N3. The molecule has 0 bridgehead atoms. The lowest BCUT2D eigenvalue weighted by Crippen LogP contribution is -2.23. The quantitative estimate of drug-likeness (QED) is 0.604. The van der Waals surface area contributed by atoms with E-state index in [-0.39, 0.29) is 6.04 Å². The molecular weight excluding hydrogens is 198 g/mol. The number of nitrogens with one attached hydrogen (secondary N) is 1. The fraction of sp³-hybridized carbons (Fsp3) is 0.462. The summed E-state index contributed by atoms with van der Waals surface area (Å²) in [7, 11) is 0. The van der Waals surface area contributed by atoms with E-state index in [1.54, 1.807) is 0 Å². The molecule has 3 nitrogen and oxygen atoms in total. The Morgan fingerprint density at radius 1 is 1.31 bits per heavy atom. The molecule has 1 aromatic rings. The van der Waals surface area contributed by atoms with Gasteiger partial charge in [0.15, 0.2) is 5.96 Å². The van der Waals surface area contributed by atoms with Crippen LogP contribution in [0, 0.1) is 0 Å². The van der Waals surface area contributed by atoms with Crippen molar-refractivity contribution in [1.82, 2.24) is 0 Å². The monoisotopic (exact) mass is 219 g/mol. The predicted octanol–water partition coefficient (Wildman–Crippen LogP) is 2.77. The molecule has 0 atom stereocenters. The molecule has 0 aliphatic heterocycles. The van der Waals surface area contributed by atoms with Crippen molar-refractivity contribution >= 4 is 11.6 Å². The first-order chi connectivity index (χ1) is 7.61. The fourth-order valence-corrected chi connectivity index (χ4v) is 1.50. The maximum absolute atomic E-state index is 5.74. The molecule has 0 aliphatic carbocycles. The molecule has 0 amide bonds. The van der Waals surface area contributed by atoms with Crippen molar-refractivity contribution in [3.8, 4) is 0 Å². The van der Waals surface area contributed by atoms with Crippen LogP contribution in [0.5, 0.6) is 0 Å². The summed E-state index contributed by atoms with van der Waals surface area (Å²) in [5, 5.41) is 3.07. The number of aryl methyl sites for hydroxylation is 1. The highest BCUT2D eigenvalue weighted by Crippen LogP contribution is 2.10. The molecule has 0 saturated carbocycles. The molecule has 0 saturated heterocycles. The molecule has 16 heavy (non-hydrogen) atoms. The summed E-state index contributed by atoms with van der Waals surface area (Å²) in [5.41, 5.74) is 8.08. The number of benzene rings is 1. The van der Waals surface area contributed by atoms with Crippen LogP contribution in [0.2, 0.25) is 0 Å². The summed E-state index contributed by atoms with van der Waals surface area (Å²) in [6, 6.07) is 8.52. The minimum absolute atomic E-state index is 0.215. The van der Waals surface area contributed by atoms with Crippen LogP contribution in [0.15, 0.2) is 29.3 Å². The largest absolute Gasteiger partial charge is 0.370 e. The van der Waals surface area contributed by atoms with Gasteiger partial charge in [0, 0.05) is 11.7 Å². The summed E-state index contributed by atoms with van der Waals surface area (Å²) in [5.74, 6) is 0.471. The maximum atomic E-state index is 5.74. The zero-order chi connectivity index (χ0) is 12.0. The average molecular weight is 219 g/mol. The number of nitrogens with two attached hydrogens (primary N) is 1. The van der Waals surface area contributed by atoms with Crippen molar-refractivity contribution in [2.75, 3.05) is 5.32 Å². The van der Waals surface area contributed by atoms with Gasteiger partial charge >= 0.3 is 0 Å². The van der Waals surface area contributed by atoms with Gasteiger partial charge in [-0.05, 0) is 38.0 Å². The van der Waals surface area contributed by atoms with Crippen molar-refractivity contribution in [1.29, 1.82) is 0 Å². The minimum Gasteiger partial charge on any atom is -0.370 e. The Hall–Kier alpha value is -1.51. The van der Waals surface area contributed by atoms with Crippen molar-refractivity contribution in [2.24, 2.45) is 10.7 Å². The van der Waals surface area contributed by atoms with E-state index in [4.69, 9.17) is 5.73 Å². The van der Waals surface area contributed by atoms with Crippen molar-refractivity contribution in [2.45, 2.75) is 39.7 Å². The number of nitrogens with zero attached hydrogens (tertiary/aromatic N) is 1. The van der Waals surface area contributed by atoms with E-state index in [9.17, 15) is 0 Å². The second kappa shape index (κ2) is 6.16. The van der Waals surface area contributed by atoms with Gasteiger partial charge in [-0.25, -0.2) is 0 Å². The lowest BCUT2D eigenvalue weighted by Gasteiger charge is -2.07. The van der Waals surface area contributed by atoms with Crippen LogP contribution in [0.3, 0.4) is 0 Å². The summed E-state index contributed by atoms with van der Waals surface area (Å²) < 4.78 is 0. The summed E-state index contributed by atoms with van der Waals surface area (Å²) in [6.45, 7) is 6.18. The first-order valence-electron chi connectivity index (χ1n) is 5.81. The van der Waals surface area contributed by atoms with Gasteiger partial charge in [-0.3, -0.25) is 4.99 Å². The van der Waals surface area contributed by atoms with E-state index in [0.29, 0.717) is 5.96 Å². The van der Waals surface area contributed by atoms with Gasteiger partial charge in [0.1, 0.15) is 0 Å². The van der Waals surface area contributed by atoms with Crippen molar-refractivity contribution in [3.05, 3.63) is 29.8 Å². The van der Waals surface area contributed by atoms with Crippen molar-refractivity contribution in [3.63, 3.8) is 0 Å². The predicted molar refractivity (Wildman–Crippen MR) is 70.8 cm³/mol. The molecule has 0 radical (unpaired) electrons. The van der Waals surface area contributed by atoms with E-state index in [0.717, 1.165) is 12.1 Å². The molecule has 3 heteroatoms. The Kier molecular flexibility index (Phi) is 4.83. The van der Waals surface area contributed by atoms with Crippen LogP contribution in [-0.4, -0.2) is 12.0 Å². The summed E-state index contributed by atoms with van der Waals surface area (Å²) in [4.78, 5) is 4.21. The van der Waals surface area contributed by atoms with Crippen LogP contribution in [0.4, 0.5) is 5.69 Å². The Labute approximate surface area is 97.8 Å². The number of anilines is 1. The zero-order valence-corrected chi connectivity index (χ0v) is 10.3. The van der Waals surface area contributed by atoms with Gasteiger partial charge in [0.05, 0.1) is 0 Å². The summed E-state index contributed by atoms with van der Waals surface area (Å²) in [6.07, 6.45) is 2.29. The third kappa shape index (κ3) is 4.34. The highest BCUT2D eigenvalue weighted by molar-refractivity contribution is 5.92. The van der Waals surface area contributed by atoms with Gasteiger partial charge in [0.2, 0.25) is 0 Å². The average Bonchev–Trinajstić information content (AvgIpc) is 2.20. The summed E-state index contributed by atoms with van der Waals surface area (Å²) >= 11 is 0. The molecule has 0 fully saturated rings. The van der Waals surface area contributed by atoms with E-state index in [1.807, 2.05) is 26.0 Å². The molecule has 88 valence electrons. The molecule has 3 N–H and O–H groups in total. The Morgan fingerprint density at radius 2 is 1.94 bits per heavy atom. The Morgan fingerprint density at radius 3 is 2.44 bits per heavy atom. The third-order valence-corrected chi connectivity index (χ3v) is 2.16. The standard InChI is InChI=1S/C13H21N3/c1-4-5-11-6-8-12(9-7-11)16-13(14)15-10(2)3/h6-10H,4-5H2,1-3H3,(H3,14,15,16). The van der Waals surface area contributed by atoms with Crippen LogP contribution in [-0.2, 0) is 6.42 Å². The molecule has 0 unspecified atom stereocenters. The van der Waals surface area contributed by atoms with Crippen LogP contribution >= 0.6 is 0 Å². The van der Waals surface area contributed by atoms with E-state index in [1.165, 1.54) is 12.0 Å². The highest BCUT2D eigenvalue weighted by Gasteiger charge is 1.97. The lowest BCUT2D eigenvalue weighted by molar-refractivity contribution is 0.833. The van der Waals surface area contributed by atoms with E-state index < -0.39 is 0 Å². The second-order valence-corrected chi connectivity index (χ2v) is 4.18. The SMILES string of the molecule is CCCc1ccc(NC(N)=NC(C)C)cc1. The molecule has 0 aromatic heterocycles. The van der Waals surface area contributed by atoms with E-state index in [2.05, 4.69) is 29.4 Å². The van der Waals surface area contributed by atoms with Crippen molar-refractivity contribution < 1.29 is 0 Å². The number of aliphatic imine (C=N–C) groups is 1. The zero-order valence-electron chi connectivity index (χ0n) is 10.3. The lowest BCUT2D eigenvalue weighted by atomic mass is 10.1. The molecule has 0 heterocycles. The normalized spacial score (nSPS) is 11.9. The molecule has 1 rings (SSSR count). The third-order valence-electron chi connectivity index (χ3n) is 2.16. The van der Waals surface area contributed by atoms with Crippen LogP contribution < -0.4 is 11.1 Å². The van der Waals surface area contributed by atoms with Crippen LogP contribution in [0.1, 0.15) is 32.8 Å². The first-order valence-corrected chi connectivity index (χ1v) is 5.81. The Balaban J connectivity index is 2.61. The number of guanidine groups is 1.